The largest absolute Gasteiger partial charge is 0.359 e. The quantitative estimate of drug-likeness (QED) is 0.662. The van der Waals surface area contributed by atoms with Crippen LogP contribution in [0.5, 0.6) is 0 Å². The highest BCUT2D eigenvalue weighted by atomic mass is 16.5. The number of aromatic nitrogens is 3. The minimum Gasteiger partial charge on any atom is -0.359 e. The van der Waals surface area contributed by atoms with Gasteiger partial charge in [0.15, 0.2) is 0 Å². The van der Waals surface area contributed by atoms with Gasteiger partial charge in [-0.3, -0.25) is 0 Å². The van der Waals surface area contributed by atoms with E-state index in [0.29, 0.717) is 6.61 Å². The molecule has 1 aromatic heterocycles. The maximum absolute atomic E-state index is 11.3. The van der Waals surface area contributed by atoms with Crippen molar-refractivity contribution in [2.24, 2.45) is 7.05 Å². The van der Waals surface area contributed by atoms with Crippen LogP contribution in [0.4, 0.5) is 0 Å². The molecule has 0 aliphatic carbocycles. The Balaban J connectivity index is 2.56. The third-order valence-corrected chi connectivity index (χ3v) is 1.92. The average molecular weight is 201 g/mol. The summed E-state index contributed by atoms with van der Waals surface area (Å²) >= 11 is 0. The van der Waals surface area contributed by atoms with E-state index in [2.05, 4.69) is 12.0 Å². The Kier molecular flexibility index (Phi) is 3.70. The molecule has 0 radical (unpaired) electrons. The molecule has 1 aromatic rings. The first-order chi connectivity index (χ1) is 6.66. The summed E-state index contributed by atoms with van der Waals surface area (Å²) in [4.78, 5) is 22.2. The normalized spacial score (nSPS) is 10.7. The molecule has 0 unspecified atom stereocenters. The minimum absolute atomic E-state index is 0.106. The zero-order valence-electron chi connectivity index (χ0n) is 8.45. The summed E-state index contributed by atoms with van der Waals surface area (Å²) in [7, 11) is 1.42. The summed E-state index contributed by atoms with van der Waals surface area (Å²) < 4.78 is 7.34. The van der Waals surface area contributed by atoms with Gasteiger partial charge in [-0.2, -0.15) is 0 Å². The number of nitrogens with zero attached hydrogens (tertiary/aromatic N) is 2. The molecule has 0 saturated carbocycles. The van der Waals surface area contributed by atoms with E-state index in [1.165, 1.54) is 7.05 Å². The molecule has 0 amide bonds. The lowest BCUT2D eigenvalue weighted by molar-refractivity contribution is 0.0639. The van der Waals surface area contributed by atoms with Crippen molar-refractivity contribution in [3.05, 3.63) is 21.0 Å². The summed E-state index contributed by atoms with van der Waals surface area (Å²) in [5.41, 5.74) is -0.805. The van der Waals surface area contributed by atoms with Gasteiger partial charge in [0, 0.05) is 13.7 Å². The molecule has 0 fully saturated rings. The third-order valence-electron chi connectivity index (χ3n) is 1.92. The molecule has 0 aliphatic rings. The van der Waals surface area contributed by atoms with E-state index in [4.69, 9.17) is 4.74 Å². The number of nitrogens with one attached hydrogen (secondary N) is 1. The average Bonchev–Trinajstić information content (AvgIpc) is 2.41. The molecule has 1 N–H and O–H groups in total. The Hall–Kier alpha value is -1.30. The van der Waals surface area contributed by atoms with Crippen LogP contribution in [-0.2, 0) is 18.5 Å². The summed E-state index contributed by atoms with van der Waals surface area (Å²) in [6, 6.07) is 0. The predicted molar refractivity (Wildman–Crippen MR) is 51.2 cm³/mol. The zero-order valence-corrected chi connectivity index (χ0v) is 8.45. The minimum atomic E-state index is -0.422. The Morgan fingerprint density at radius 1 is 1.43 bits per heavy atom. The van der Waals surface area contributed by atoms with Gasteiger partial charge in [0.1, 0.15) is 6.73 Å². The second kappa shape index (κ2) is 4.80. The standard InChI is InChI=1S/C8H15N3O3/c1-3-4-5-14-6-11-8(13)10(2)7(12)9-11/h3-6H2,1-2H3,(H,9,12). The summed E-state index contributed by atoms with van der Waals surface area (Å²) in [6.07, 6.45) is 1.99. The molecule has 0 aliphatic heterocycles. The molecule has 14 heavy (non-hydrogen) atoms. The van der Waals surface area contributed by atoms with Gasteiger partial charge in [-0.25, -0.2) is 23.9 Å². The molecular formula is C8H15N3O3. The van der Waals surface area contributed by atoms with Gasteiger partial charge in [-0.05, 0) is 6.42 Å². The molecule has 0 bridgehead atoms. The topological polar surface area (TPSA) is 69.0 Å². The van der Waals surface area contributed by atoms with Gasteiger partial charge in [0.25, 0.3) is 0 Å². The molecule has 0 aromatic carbocycles. The highest BCUT2D eigenvalue weighted by Gasteiger charge is 2.03. The first kappa shape index (κ1) is 10.8. The van der Waals surface area contributed by atoms with E-state index in [-0.39, 0.29) is 12.4 Å². The summed E-state index contributed by atoms with van der Waals surface area (Å²) in [5.74, 6) is 0. The van der Waals surface area contributed by atoms with E-state index >= 15 is 0 Å². The van der Waals surface area contributed by atoms with E-state index in [1.54, 1.807) is 0 Å². The van der Waals surface area contributed by atoms with Gasteiger partial charge >= 0.3 is 11.4 Å². The maximum Gasteiger partial charge on any atom is 0.348 e. The highest BCUT2D eigenvalue weighted by molar-refractivity contribution is 4.65. The third kappa shape index (κ3) is 2.35. The molecule has 0 spiro atoms. The van der Waals surface area contributed by atoms with Crippen molar-refractivity contribution in [2.75, 3.05) is 6.61 Å². The Morgan fingerprint density at radius 3 is 2.64 bits per heavy atom. The number of unbranched alkanes of at least 4 members (excludes halogenated alkanes) is 1. The summed E-state index contributed by atoms with van der Waals surface area (Å²) in [5, 5.41) is 2.38. The van der Waals surface area contributed by atoms with Crippen molar-refractivity contribution in [3.63, 3.8) is 0 Å². The maximum atomic E-state index is 11.3. The van der Waals surface area contributed by atoms with Gasteiger partial charge in [-0.15, -0.1) is 0 Å². The van der Waals surface area contributed by atoms with Crippen molar-refractivity contribution in [1.82, 2.24) is 14.3 Å². The lowest BCUT2D eigenvalue weighted by Gasteiger charge is -2.01. The van der Waals surface area contributed by atoms with E-state index in [1.807, 2.05) is 0 Å². The Labute approximate surface area is 81.1 Å². The molecule has 6 nitrogen and oxygen atoms in total. The lowest BCUT2D eigenvalue weighted by Crippen LogP contribution is -2.26. The van der Waals surface area contributed by atoms with Gasteiger partial charge in [-0.1, -0.05) is 13.3 Å². The monoisotopic (exact) mass is 201 g/mol. The number of hydrogen-bond donors (Lipinski definition) is 1. The molecule has 1 heterocycles. The fourth-order valence-corrected chi connectivity index (χ4v) is 0.996. The van der Waals surface area contributed by atoms with Crippen LogP contribution in [0.1, 0.15) is 19.8 Å². The molecule has 1 rings (SSSR count). The number of rotatable bonds is 5. The van der Waals surface area contributed by atoms with Gasteiger partial charge in [0.2, 0.25) is 0 Å². The SMILES string of the molecule is CCCCOCn1[nH]c(=O)n(C)c1=O. The lowest BCUT2D eigenvalue weighted by atomic mass is 10.4. The van der Waals surface area contributed by atoms with E-state index in [9.17, 15) is 9.59 Å². The molecule has 0 atom stereocenters. The second-order valence-corrected chi connectivity index (χ2v) is 3.08. The molecule has 6 heteroatoms. The number of H-pyrrole nitrogens is 1. The van der Waals surface area contributed by atoms with Crippen LogP contribution in [0.15, 0.2) is 9.59 Å². The smallest absolute Gasteiger partial charge is 0.348 e. The molecule has 80 valence electrons. The van der Waals surface area contributed by atoms with Crippen molar-refractivity contribution >= 4 is 0 Å². The fraction of sp³-hybridized carbons (Fsp3) is 0.750. The van der Waals surface area contributed by atoms with Crippen LogP contribution in [0, 0.1) is 0 Å². The van der Waals surface area contributed by atoms with E-state index in [0.717, 1.165) is 22.1 Å². The van der Waals surface area contributed by atoms with Gasteiger partial charge in [0.05, 0.1) is 0 Å². The number of ether oxygens (including phenoxy) is 1. The van der Waals surface area contributed by atoms with Crippen LogP contribution in [-0.4, -0.2) is 21.0 Å². The van der Waals surface area contributed by atoms with Crippen LogP contribution in [0.3, 0.4) is 0 Å². The highest BCUT2D eigenvalue weighted by Crippen LogP contribution is 1.87. The van der Waals surface area contributed by atoms with Crippen molar-refractivity contribution in [2.45, 2.75) is 26.5 Å². The molecular weight excluding hydrogens is 186 g/mol. The number of aromatic amines is 1. The Bertz CT molecular complexity index is 387. The zero-order chi connectivity index (χ0) is 10.6. The van der Waals surface area contributed by atoms with Crippen molar-refractivity contribution in [3.8, 4) is 0 Å². The van der Waals surface area contributed by atoms with Crippen LogP contribution < -0.4 is 11.4 Å². The first-order valence-corrected chi connectivity index (χ1v) is 4.60. The van der Waals surface area contributed by atoms with Crippen molar-refractivity contribution in [1.29, 1.82) is 0 Å². The summed E-state index contributed by atoms with van der Waals surface area (Å²) in [6.45, 7) is 2.76. The second-order valence-electron chi connectivity index (χ2n) is 3.08. The van der Waals surface area contributed by atoms with Crippen molar-refractivity contribution < 1.29 is 4.74 Å². The Morgan fingerprint density at radius 2 is 2.14 bits per heavy atom. The fourth-order valence-electron chi connectivity index (χ4n) is 0.996. The molecule has 0 saturated heterocycles. The van der Waals surface area contributed by atoms with Crippen LogP contribution in [0.25, 0.3) is 0 Å². The predicted octanol–water partition coefficient (Wildman–Crippen LogP) is -0.351. The van der Waals surface area contributed by atoms with E-state index < -0.39 is 5.69 Å². The first-order valence-electron chi connectivity index (χ1n) is 4.60. The van der Waals surface area contributed by atoms with Crippen LogP contribution >= 0.6 is 0 Å². The van der Waals surface area contributed by atoms with Crippen LogP contribution in [0.2, 0.25) is 0 Å². The number of hydrogen-bond acceptors (Lipinski definition) is 3. The van der Waals surface area contributed by atoms with Gasteiger partial charge < -0.3 is 4.74 Å².